The minimum absolute atomic E-state index is 1.02. The highest BCUT2D eigenvalue weighted by Gasteiger charge is 2.49. The zero-order valence-corrected chi connectivity index (χ0v) is 8.98. The second-order valence-corrected chi connectivity index (χ2v) is 6.52. The zero-order valence-electron chi connectivity index (χ0n) is 7.34. The van der Waals surface area contributed by atoms with Gasteiger partial charge in [-0.15, -0.1) is 3.63 Å². The lowest BCUT2D eigenvalue weighted by atomic mass is 10.1. The summed E-state index contributed by atoms with van der Waals surface area (Å²) >= 11 is 0. The van der Waals surface area contributed by atoms with Gasteiger partial charge in [0.1, 0.15) is 10.9 Å². The largest absolute Gasteiger partial charge is 0.415 e. The highest BCUT2D eigenvalue weighted by molar-refractivity contribution is 7.98. The Bertz CT molecular complexity index is 402. The Morgan fingerprint density at radius 2 is 1.62 bits per heavy atom. The average Bonchev–Trinajstić information content (AvgIpc) is 1.77. The van der Waals surface area contributed by atoms with Crippen molar-refractivity contribution in [3.05, 3.63) is 0 Å². The van der Waals surface area contributed by atoms with E-state index in [1.807, 2.05) is 0 Å². The van der Waals surface area contributed by atoms with Crippen molar-refractivity contribution in [2.75, 3.05) is 0 Å². The molecule has 1 heterocycles. The van der Waals surface area contributed by atoms with E-state index >= 15 is 0 Å². The SMILES string of the molecule is CC1C(C)(C)OS(=O)(=O)OS1(=O)=O. The molecule has 1 aliphatic rings. The molecule has 0 aromatic heterocycles. The molecule has 0 aromatic rings. The van der Waals surface area contributed by atoms with Gasteiger partial charge < -0.3 is 0 Å². The van der Waals surface area contributed by atoms with Crippen molar-refractivity contribution in [2.45, 2.75) is 31.6 Å². The van der Waals surface area contributed by atoms with Crippen LogP contribution in [0.3, 0.4) is 0 Å². The van der Waals surface area contributed by atoms with Gasteiger partial charge in [0.2, 0.25) is 0 Å². The molecule has 1 fully saturated rings. The van der Waals surface area contributed by atoms with E-state index in [9.17, 15) is 16.8 Å². The van der Waals surface area contributed by atoms with Crippen molar-refractivity contribution >= 4 is 20.5 Å². The summed E-state index contributed by atoms with van der Waals surface area (Å²) in [5, 5.41) is -1.02. The minimum Gasteiger partial charge on any atom is -0.240 e. The minimum atomic E-state index is -4.42. The van der Waals surface area contributed by atoms with Crippen LogP contribution in [0.5, 0.6) is 0 Å². The molecule has 0 aromatic carbocycles. The predicted molar refractivity (Wildman–Crippen MR) is 43.6 cm³/mol. The third-order valence-electron chi connectivity index (χ3n) is 1.91. The van der Waals surface area contributed by atoms with E-state index in [1.54, 1.807) is 0 Å². The van der Waals surface area contributed by atoms with E-state index < -0.39 is 31.4 Å². The van der Waals surface area contributed by atoms with E-state index in [2.05, 4.69) is 7.81 Å². The molecule has 1 atom stereocenters. The van der Waals surface area contributed by atoms with Crippen LogP contribution in [0, 0.1) is 0 Å². The number of hydrogen-bond acceptors (Lipinski definition) is 6. The van der Waals surface area contributed by atoms with Gasteiger partial charge in [-0.2, -0.15) is 16.8 Å². The monoisotopic (exact) mass is 230 g/mol. The summed E-state index contributed by atoms with van der Waals surface area (Å²) in [4.78, 5) is 0. The molecule has 0 saturated carbocycles. The lowest BCUT2D eigenvalue weighted by Gasteiger charge is -2.33. The molecule has 0 radical (unpaired) electrons. The number of rotatable bonds is 0. The maximum Gasteiger partial charge on any atom is 0.415 e. The van der Waals surface area contributed by atoms with Crippen LogP contribution in [0.1, 0.15) is 20.8 Å². The van der Waals surface area contributed by atoms with Crippen LogP contribution in [-0.2, 0) is 28.3 Å². The first-order chi connectivity index (χ1) is 5.57. The fourth-order valence-corrected chi connectivity index (χ4v) is 3.85. The van der Waals surface area contributed by atoms with Crippen LogP contribution in [-0.4, -0.2) is 27.7 Å². The Morgan fingerprint density at radius 3 is 2.00 bits per heavy atom. The van der Waals surface area contributed by atoms with Gasteiger partial charge in [-0.3, -0.25) is 0 Å². The van der Waals surface area contributed by atoms with Crippen molar-refractivity contribution < 1.29 is 24.6 Å². The Kier molecular flexibility index (Phi) is 2.23. The third kappa shape index (κ3) is 2.01. The third-order valence-corrected chi connectivity index (χ3v) is 5.40. The summed E-state index contributed by atoms with van der Waals surface area (Å²) in [6.07, 6.45) is 0. The summed E-state index contributed by atoms with van der Waals surface area (Å²) in [7, 11) is -8.51. The van der Waals surface area contributed by atoms with Crippen LogP contribution >= 0.6 is 0 Å². The second-order valence-electron chi connectivity index (χ2n) is 3.30. The molecule has 0 amide bonds. The van der Waals surface area contributed by atoms with Crippen molar-refractivity contribution in [1.82, 2.24) is 0 Å². The molecule has 0 spiro atoms. The predicted octanol–water partition coefficient (Wildman–Crippen LogP) is -0.225. The van der Waals surface area contributed by atoms with Gasteiger partial charge >= 0.3 is 10.4 Å². The first kappa shape index (κ1) is 10.9. The number of hydrogen-bond donors (Lipinski definition) is 0. The highest BCUT2D eigenvalue weighted by Crippen LogP contribution is 2.31. The molecule has 1 rings (SSSR count). The van der Waals surface area contributed by atoms with E-state index in [1.165, 1.54) is 20.8 Å². The maximum atomic E-state index is 11.1. The van der Waals surface area contributed by atoms with Gasteiger partial charge in [-0.1, -0.05) is 0 Å². The molecule has 13 heavy (non-hydrogen) atoms. The van der Waals surface area contributed by atoms with E-state index in [4.69, 9.17) is 0 Å². The first-order valence-corrected chi connectivity index (χ1v) is 6.28. The van der Waals surface area contributed by atoms with E-state index in [-0.39, 0.29) is 0 Å². The topological polar surface area (TPSA) is 86.7 Å². The maximum absolute atomic E-state index is 11.1. The molecule has 0 N–H and O–H groups in total. The molecular weight excluding hydrogens is 220 g/mol. The quantitative estimate of drug-likeness (QED) is 0.571. The normalized spacial score (nSPS) is 35.5. The van der Waals surface area contributed by atoms with Crippen LogP contribution in [0.4, 0.5) is 0 Å². The Balaban J connectivity index is 3.26. The summed E-state index contributed by atoms with van der Waals surface area (Å²) in [5.41, 5.74) is -1.30. The fraction of sp³-hybridized carbons (Fsp3) is 1.00. The molecule has 78 valence electrons. The molecule has 1 aliphatic heterocycles. The smallest absolute Gasteiger partial charge is 0.240 e. The summed E-state index contributed by atoms with van der Waals surface area (Å²) in [6.45, 7) is 4.06. The lowest BCUT2D eigenvalue weighted by Crippen LogP contribution is -2.49. The molecule has 0 aliphatic carbocycles. The van der Waals surface area contributed by atoms with Crippen molar-refractivity contribution in [3.63, 3.8) is 0 Å². The van der Waals surface area contributed by atoms with E-state index in [0.717, 1.165) is 0 Å². The fourth-order valence-electron chi connectivity index (χ4n) is 0.867. The average molecular weight is 230 g/mol. The van der Waals surface area contributed by atoms with Gasteiger partial charge in [0.25, 0.3) is 10.1 Å². The Hall–Kier alpha value is -0.180. The van der Waals surface area contributed by atoms with Crippen LogP contribution in [0.15, 0.2) is 0 Å². The van der Waals surface area contributed by atoms with Crippen molar-refractivity contribution in [2.24, 2.45) is 0 Å². The highest BCUT2D eigenvalue weighted by atomic mass is 32.3. The first-order valence-electron chi connectivity index (χ1n) is 3.47. The van der Waals surface area contributed by atoms with Gasteiger partial charge in [0, 0.05) is 0 Å². The molecule has 1 unspecified atom stereocenters. The molecule has 6 nitrogen and oxygen atoms in total. The van der Waals surface area contributed by atoms with Crippen LogP contribution < -0.4 is 0 Å². The Morgan fingerprint density at radius 1 is 1.15 bits per heavy atom. The Labute approximate surface area is 77.3 Å². The van der Waals surface area contributed by atoms with Gasteiger partial charge in [0.15, 0.2) is 0 Å². The van der Waals surface area contributed by atoms with Crippen LogP contribution in [0.2, 0.25) is 0 Å². The standard InChI is InChI=1S/C5H10O6S2/c1-4-5(2,3)10-13(8,9)11-12(4,6)7/h4H,1-3H3. The summed E-state index contributed by atoms with van der Waals surface area (Å²) in [5.74, 6) is 0. The van der Waals surface area contributed by atoms with Crippen LogP contribution in [0.25, 0.3) is 0 Å². The summed E-state index contributed by atoms with van der Waals surface area (Å²) in [6, 6.07) is 0. The van der Waals surface area contributed by atoms with Gasteiger partial charge in [-0.05, 0) is 20.8 Å². The molecular formula is C5H10O6S2. The van der Waals surface area contributed by atoms with Crippen molar-refractivity contribution in [1.29, 1.82) is 0 Å². The second kappa shape index (κ2) is 2.66. The molecule has 1 saturated heterocycles. The molecule has 8 heteroatoms. The van der Waals surface area contributed by atoms with Gasteiger partial charge in [-0.25, -0.2) is 4.18 Å². The van der Waals surface area contributed by atoms with E-state index in [0.29, 0.717) is 0 Å². The summed E-state index contributed by atoms with van der Waals surface area (Å²) < 4.78 is 52.2. The van der Waals surface area contributed by atoms with Gasteiger partial charge in [0.05, 0.1) is 0 Å². The molecule has 0 bridgehead atoms. The van der Waals surface area contributed by atoms with Crippen molar-refractivity contribution in [3.8, 4) is 0 Å². The zero-order chi connectivity index (χ0) is 10.5. The lowest BCUT2D eigenvalue weighted by molar-refractivity contribution is 0.0844.